The standard InChI is InChI=1S/C7H12O4/c1-6(5-11-9)3-4-10-7(2)8/h9H,1,3-5H2,2H3. The topological polar surface area (TPSA) is 55.8 Å². The van der Waals surface area contributed by atoms with Gasteiger partial charge in [-0.15, -0.1) is 0 Å². The van der Waals surface area contributed by atoms with Gasteiger partial charge < -0.3 is 4.74 Å². The Morgan fingerprint density at radius 1 is 1.64 bits per heavy atom. The first-order chi connectivity index (χ1) is 5.16. The molecule has 4 nitrogen and oxygen atoms in total. The van der Waals surface area contributed by atoms with Crippen LogP contribution in [0.5, 0.6) is 0 Å². The number of carbonyl (C=O) groups is 1. The Balaban J connectivity index is 3.24. The summed E-state index contributed by atoms with van der Waals surface area (Å²) >= 11 is 0. The normalized spacial score (nSPS) is 9.27. The molecular weight excluding hydrogens is 148 g/mol. The third kappa shape index (κ3) is 7.02. The molecule has 0 saturated carbocycles. The summed E-state index contributed by atoms with van der Waals surface area (Å²) in [6.45, 7) is 5.28. The van der Waals surface area contributed by atoms with E-state index in [1.807, 2.05) is 0 Å². The molecule has 0 bridgehead atoms. The molecule has 64 valence electrons. The van der Waals surface area contributed by atoms with Crippen LogP contribution in [0.3, 0.4) is 0 Å². The van der Waals surface area contributed by atoms with Crippen molar-refractivity contribution >= 4 is 5.97 Å². The highest BCUT2D eigenvalue weighted by atomic mass is 17.1. The van der Waals surface area contributed by atoms with Crippen LogP contribution in [-0.4, -0.2) is 24.4 Å². The minimum atomic E-state index is -0.317. The van der Waals surface area contributed by atoms with Crippen molar-refractivity contribution in [3.05, 3.63) is 12.2 Å². The number of hydrogen-bond donors (Lipinski definition) is 1. The van der Waals surface area contributed by atoms with Gasteiger partial charge in [0.2, 0.25) is 0 Å². The minimum absolute atomic E-state index is 0.0846. The number of rotatable bonds is 5. The van der Waals surface area contributed by atoms with Crippen molar-refractivity contribution in [2.75, 3.05) is 13.2 Å². The van der Waals surface area contributed by atoms with Crippen LogP contribution in [0.2, 0.25) is 0 Å². The van der Waals surface area contributed by atoms with Gasteiger partial charge >= 0.3 is 5.97 Å². The molecule has 0 amide bonds. The fraction of sp³-hybridized carbons (Fsp3) is 0.571. The van der Waals surface area contributed by atoms with Gasteiger partial charge in [-0.05, 0) is 5.57 Å². The van der Waals surface area contributed by atoms with E-state index >= 15 is 0 Å². The Labute approximate surface area is 65.4 Å². The second kappa shape index (κ2) is 5.88. The molecular formula is C7H12O4. The Hall–Kier alpha value is -0.870. The smallest absolute Gasteiger partial charge is 0.302 e. The zero-order chi connectivity index (χ0) is 8.69. The first kappa shape index (κ1) is 10.1. The van der Waals surface area contributed by atoms with Gasteiger partial charge in [-0.3, -0.25) is 10.1 Å². The largest absolute Gasteiger partial charge is 0.466 e. The van der Waals surface area contributed by atoms with Gasteiger partial charge in [0.25, 0.3) is 0 Å². The van der Waals surface area contributed by atoms with E-state index in [1.165, 1.54) is 6.92 Å². The molecule has 0 spiro atoms. The lowest BCUT2D eigenvalue weighted by Gasteiger charge is -2.02. The van der Waals surface area contributed by atoms with Gasteiger partial charge in [-0.25, -0.2) is 4.89 Å². The van der Waals surface area contributed by atoms with E-state index in [0.29, 0.717) is 12.0 Å². The van der Waals surface area contributed by atoms with Crippen molar-refractivity contribution in [1.29, 1.82) is 0 Å². The molecule has 0 aromatic heterocycles. The summed E-state index contributed by atoms with van der Waals surface area (Å²) in [4.78, 5) is 14.1. The van der Waals surface area contributed by atoms with Crippen molar-refractivity contribution in [2.45, 2.75) is 13.3 Å². The van der Waals surface area contributed by atoms with Gasteiger partial charge in [0.1, 0.15) is 6.61 Å². The first-order valence-corrected chi connectivity index (χ1v) is 3.23. The Morgan fingerprint density at radius 3 is 2.73 bits per heavy atom. The van der Waals surface area contributed by atoms with Crippen LogP contribution in [0.1, 0.15) is 13.3 Å². The maximum absolute atomic E-state index is 10.3. The highest BCUT2D eigenvalue weighted by molar-refractivity contribution is 5.65. The predicted octanol–water partition coefficient (Wildman–Crippen LogP) is 0.985. The van der Waals surface area contributed by atoms with Crippen LogP contribution >= 0.6 is 0 Å². The van der Waals surface area contributed by atoms with Gasteiger partial charge in [0, 0.05) is 13.3 Å². The fourth-order valence-corrected chi connectivity index (χ4v) is 0.503. The second-order valence-corrected chi connectivity index (χ2v) is 2.11. The summed E-state index contributed by atoms with van der Waals surface area (Å²) in [5.74, 6) is -0.317. The molecule has 0 aliphatic heterocycles. The molecule has 1 N–H and O–H groups in total. The van der Waals surface area contributed by atoms with Gasteiger partial charge in [0.15, 0.2) is 0 Å². The average molecular weight is 160 g/mol. The third-order valence-electron chi connectivity index (χ3n) is 1.03. The van der Waals surface area contributed by atoms with E-state index in [4.69, 9.17) is 5.26 Å². The summed E-state index contributed by atoms with van der Waals surface area (Å²) in [5.41, 5.74) is 0.689. The monoisotopic (exact) mass is 160 g/mol. The lowest BCUT2D eigenvalue weighted by atomic mass is 10.2. The van der Waals surface area contributed by atoms with E-state index in [1.54, 1.807) is 0 Å². The minimum Gasteiger partial charge on any atom is -0.466 e. The van der Waals surface area contributed by atoms with Crippen LogP contribution < -0.4 is 0 Å². The van der Waals surface area contributed by atoms with E-state index < -0.39 is 0 Å². The molecule has 0 aliphatic carbocycles. The van der Waals surface area contributed by atoms with E-state index in [-0.39, 0.29) is 19.2 Å². The maximum Gasteiger partial charge on any atom is 0.302 e. The summed E-state index contributed by atoms with van der Waals surface area (Å²) in [7, 11) is 0. The molecule has 0 aromatic rings. The van der Waals surface area contributed by atoms with Gasteiger partial charge in [-0.2, -0.15) is 0 Å². The fourth-order valence-electron chi connectivity index (χ4n) is 0.503. The zero-order valence-corrected chi connectivity index (χ0v) is 6.50. The van der Waals surface area contributed by atoms with Crippen molar-refractivity contribution in [1.82, 2.24) is 0 Å². The van der Waals surface area contributed by atoms with E-state index in [9.17, 15) is 4.79 Å². The van der Waals surface area contributed by atoms with E-state index in [0.717, 1.165) is 0 Å². The molecule has 0 aliphatic rings. The molecule has 0 fully saturated rings. The Kier molecular flexibility index (Phi) is 5.42. The number of ether oxygens (including phenoxy) is 1. The molecule has 0 saturated heterocycles. The quantitative estimate of drug-likeness (QED) is 0.282. The highest BCUT2D eigenvalue weighted by Crippen LogP contribution is 1.97. The van der Waals surface area contributed by atoms with Gasteiger partial charge in [-0.1, -0.05) is 6.58 Å². The molecule has 0 heterocycles. The van der Waals surface area contributed by atoms with Crippen LogP contribution in [0.25, 0.3) is 0 Å². The summed E-state index contributed by atoms with van der Waals surface area (Å²) in [5, 5.41) is 7.98. The molecule has 0 atom stereocenters. The maximum atomic E-state index is 10.3. The van der Waals surface area contributed by atoms with Crippen LogP contribution in [0.15, 0.2) is 12.2 Å². The predicted molar refractivity (Wildman–Crippen MR) is 39.0 cm³/mol. The number of hydrogen-bond acceptors (Lipinski definition) is 4. The Morgan fingerprint density at radius 2 is 2.27 bits per heavy atom. The SMILES string of the molecule is C=C(CCOC(C)=O)COO. The van der Waals surface area contributed by atoms with Crippen molar-refractivity contribution < 1.29 is 19.7 Å². The van der Waals surface area contributed by atoms with Crippen molar-refractivity contribution in [3.8, 4) is 0 Å². The molecule has 4 heteroatoms. The van der Waals surface area contributed by atoms with Gasteiger partial charge in [0.05, 0.1) is 6.61 Å². The first-order valence-electron chi connectivity index (χ1n) is 3.23. The lowest BCUT2D eigenvalue weighted by molar-refractivity contribution is -0.234. The second-order valence-electron chi connectivity index (χ2n) is 2.11. The molecule has 0 unspecified atom stereocenters. The van der Waals surface area contributed by atoms with Crippen LogP contribution in [0, 0.1) is 0 Å². The van der Waals surface area contributed by atoms with Crippen molar-refractivity contribution in [3.63, 3.8) is 0 Å². The third-order valence-corrected chi connectivity index (χ3v) is 1.03. The summed E-state index contributed by atoms with van der Waals surface area (Å²) < 4.78 is 4.62. The van der Waals surface area contributed by atoms with Crippen LogP contribution in [0.4, 0.5) is 0 Å². The Bertz CT molecular complexity index is 141. The lowest BCUT2D eigenvalue weighted by Crippen LogP contribution is -2.03. The van der Waals surface area contributed by atoms with Crippen LogP contribution in [-0.2, 0) is 14.4 Å². The molecule has 11 heavy (non-hydrogen) atoms. The summed E-state index contributed by atoms with van der Waals surface area (Å²) in [6.07, 6.45) is 0.514. The summed E-state index contributed by atoms with van der Waals surface area (Å²) in [6, 6.07) is 0. The average Bonchev–Trinajstić information content (AvgIpc) is 1.87. The molecule has 0 aromatic carbocycles. The highest BCUT2D eigenvalue weighted by Gasteiger charge is 1.96. The number of esters is 1. The molecule has 0 radical (unpaired) electrons. The zero-order valence-electron chi connectivity index (χ0n) is 6.50. The molecule has 0 rings (SSSR count). The van der Waals surface area contributed by atoms with Crippen molar-refractivity contribution in [2.24, 2.45) is 0 Å². The van der Waals surface area contributed by atoms with E-state index in [2.05, 4.69) is 16.2 Å². The number of carbonyl (C=O) groups excluding carboxylic acids is 1.